The molecule has 0 heterocycles. The zero-order valence-corrected chi connectivity index (χ0v) is 39.1. The first-order chi connectivity index (χ1) is 28.9. The molecule has 3 atom stereocenters. The third kappa shape index (κ3) is 44.1. The number of aliphatic hydroxyl groups excluding tert-OH is 1. The van der Waals surface area contributed by atoms with Crippen molar-refractivity contribution in [3.63, 3.8) is 0 Å². The standard InChI is InChI=1S/C50H93N2O6P/c1-3-5-7-9-11-13-15-17-19-21-23-24-26-27-29-31-33-35-37-39-41-43-49(53)48(47-58-59(55,56)57-46-45-51)52-50(54)44-42-40-38-36-34-32-30-28-25-22-20-18-16-14-12-10-8-6-4-2/h6,8,12,14,18,20,25,28,32,34,48-49,53H,3-5,7,9-11,13,15-17,19,21-24,26-27,29-31,33,35-47,51H2,1-2H3,(H,52,54)(H,55,56)/b8-6-,14-12-,20-18-,28-25-,34-32-. The maximum absolute atomic E-state index is 12.8. The van der Waals surface area contributed by atoms with Gasteiger partial charge in [-0.2, -0.15) is 0 Å². The molecule has 0 aliphatic rings. The van der Waals surface area contributed by atoms with Crippen molar-refractivity contribution in [3.05, 3.63) is 60.8 Å². The van der Waals surface area contributed by atoms with Crippen molar-refractivity contribution in [2.24, 2.45) is 5.73 Å². The van der Waals surface area contributed by atoms with Crippen molar-refractivity contribution < 1.29 is 28.4 Å². The third-order valence-electron chi connectivity index (χ3n) is 10.6. The van der Waals surface area contributed by atoms with Crippen molar-refractivity contribution in [2.75, 3.05) is 19.8 Å². The van der Waals surface area contributed by atoms with Gasteiger partial charge in [-0.1, -0.05) is 216 Å². The van der Waals surface area contributed by atoms with E-state index in [0.29, 0.717) is 12.8 Å². The summed E-state index contributed by atoms with van der Waals surface area (Å²) >= 11 is 0. The first kappa shape index (κ1) is 57.2. The van der Waals surface area contributed by atoms with Gasteiger partial charge in [0, 0.05) is 13.0 Å². The van der Waals surface area contributed by atoms with E-state index in [1.165, 1.54) is 116 Å². The molecule has 0 fully saturated rings. The van der Waals surface area contributed by atoms with E-state index >= 15 is 0 Å². The Bertz CT molecular complexity index is 1110. The van der Waals surface area contributed by atoms with Crippen LogP contribution in [0.1, 0.15) is 219 Å². The van der Waals surface area contributed by atoms with E-state index in [9.17, 15) is 19.4 Å². The number of carbonyl (C=O) groups excluding carboxylic acids is 1. The van der Waals surface area contributed by atoms with Crippen LogP contribution in [0.3, 0.4) is 0 Å². The quantitative estimate of drug-likeness (QED) is 0.0273. The molecule has 9 heteroatoms. The van der Waals surface area contributed by atoms with E-state index in [1.807, 2.05) is 0 Å². The summed E-state index contributed by atoms with van der Waals surface area (Å²) in [5.41, 5.74) is 5.39. The Hall–Kier alpha value is -1.80. The molecule has 5 N–H and O–H groups in total. The number of aliphatic hydroxyl groups is 1. The summed E-state index contributed by atoms with van der Waals surface area (Å²) in [6.07, 6.45) is 58.1. The topological polar surface area (TPSA) is 131 Å². The molecule has 8 nitrogen and oxygen atoms in total. The molecule has 0 bridgehead atoms. The Kier molecular flexibility index (Phi) is 44.3. The third-order valence-corrected chi connectivity index (χ3v) is 11.6. The van der Waals surface area contributed by atoms with Gasteiger partial charge < -0.3 is 21.1 Å². The van der Waals surface area contributed by atoms with Gasteiger partial charge in [0.15, 0.2) is 0 Å². The van der Waals surface area contributed by atoms with Crippen LogP contribution in [-0.4, -0.2) is 47.8 Å². The normalized spacial score (nSPS) is 14.5. The van der Waals surface area contributed by atoms with E-state index in [1.54, 1.807) is 0 Å². The maximum Gasteiger partial charge on any atom is 0.472 e. The minimum Gasteiger partial charge on any atom is -0.391 e. The molecule has 0 aliphatic carbocycles. The highest BCUT2D eigenvalue weighted by Gasteiger charge is 2.27. The number of amides is 1. The average molecular weight is 849 g/mol. The highest BCUT2D eigenvalue weighted by molar-refractivity contribution is 7.47. The predicted octanol–water partition coefficient (Wildman–Crippen LogP) is 14.2. The van der Waals surface area contributed by atoms with E-state index < -0.39 is 20.0 Å². The SMILES string of the molecule is CC/C=C\C/C=C\C/C=C\C/C=C\C/C=C\CCCCCC(=O)NC(COP(=O)(O)OCCN)C(O)CCCCCCCCCCCCCCCCCCCCCCC. The van der Waals surface area contributed by atoms with Gasteiger partial charge in [-0.15, -0.1) is 0 Å². The van der Waals surface area contributed by atoms with Crippen molar-refractivity contribution in [1.82, 2.24) is 5.32 Å². The Morgan fingerprint density at radius 1 is 0.576 bits per heavy atom. The lowest BCUT2D eigenvalue weighted by atomic mass is 10.0. The van der Waals surface area contributed by atoms with Crippen LogP contribution < -0.4 is 11.1 Å². The van der Waals surface area contributed by atoms with Crippen molar-refractivity contribution in [1.29, 1.82) is 0 Å². The van der Waals surface area contributed by atoms with E-state index in [2.05, 4.69) is 79.9 Å². The zero-order valence-electron chi connectivity index (χ0n) is 38.2. The monoisotopic (exact) mass is 849 g/mol. The fraction of sp³-hybridized carbons (Fsp3) is 0.780. The molecule has 0 rings (SSSR count). The van der Waals surface area contributed by atoms with Crippen LogP contribution in [0, 0.1) is 0 Å². The number of carbonyl (C=O) groups is 1. The second-order valence-corrected chi connectivity index (χ2v) is 17.7. The number of allylic oxidation sites excluding steroid dienone is 10. The Morgan fingerprint density at radius 3 is 1.42 bits per heavy atom. The van der Waals surface area contributed by atoms with Crippen LogP contribution in [0.4, 0.5) is 0 Å². The van der Waals surface area contributed by atoms with Gasteiger partial charge >= 0.3 is 7.82 Å². The highest BCUT2D eigenvalue weighted by Crippen LogP contribution is 2.43. The van der Waals surface area contributed by atoms with Crippen LogP contribution in [0.5, 0.6) is 0 Å². The number of unbranched alkanes of at least 4 members (excludes halogenated alkanes) is 23. The number of hydrogen-bond acceptors (Lipinski definition) is 6. The second-order valence-electron chi connectivity index (χ2n) is 16.3. The molecular formula is C50H93N2O6P. The van der Waals surface area contributed by atoms with E-state index in [4.69, 9.17) is 14.8 Å². The van der Waals surface area contributed by atoms with Gasteiger partial charge in [0.2, 0.25) is 5.91 Å². The maximum atomic E-state index is 12.8. The Morgan fingerprint density at radius 2 is 0.983 bits per heavy atom. The van der Waals surface area contributed by atoms with Crippen LogP contribution in [0.15, 0.2) is 60.8 Å². The predicted molar refractivity (Wildman–Crippen MR) is 254 cm³/mol. The molecule has 344 valence electrons. The van der Waals surface area contributed by atoms with Crippen LogP contribution in [-0.2, 0) is 18.4 Å². The number of phosphoric acid groups is 1. The Labute approximate surface area is 364 Å². The molecule has 59 heavy (non-hydrogen) atoms. The molecule has 0 aromatic carbocycles. The lowest BCUT2D eigenvalue weighted by molar-refractivity contribution is -0.123. The molecule has 0 spiro atoms. The van der Waals surface area contributed by atoms with Crippen molar-refractivity contribution in [3.8, 4) is 0 Å². The van der Waals surface area contributed by atoms with E-state index in [-0.39, 0.29) is 25.7 Å². The Balaban J connectivity index is 4.15. The summed E-state index contributed by atoms with van der Waals surface area (Å²) in [5, 5.41) is 13.8. The fourth-order valence-corrected chi connectivity index (χ4v) is 7.75. The molecule has 0 saturated carbocycles. The van der Waals surface area contributed by atoms with Gasteiger partial charge in [-0.25, -0.2) is 4.57 Å². The first-order valence-electron chi connectivity index (χ1n) is 24.4. The molecule has 0 saturated heterocycles. The van der Waals surface area contributed by atoms with Crippen LogP contribution in [0.2, 0.25) is 0 Å². The second kappa shape index (κ2) is 45.7. The first-order valence-corrected chi connectivity index (χ1v) is 25.9. The summed E-state index contributed by atoms with van der Waals surface area (Å²) in [6.45, 7) is 4.08. The largest absolute Gasteiger partial charge is 0.472 e. The molecular weight excluding hydrogens is 756 g/mol. The minimum atomic E-state index is -4.33. The van der Waals surface area contributed by atoms with Crippen LogP contribution >= 0.6 is 7.82 Å². The lowest BCUT2D eigenvalue weighted by Crippen LogP contribution is -2.46. The van der Waals surface area contributed by atoms with Gasteiger partial charge in [0.05, 0.1) is 25.4 Å². The zero-order chi connectivity index (χ0) is 43.2. The number of rotatable bonds is 45. The fourth-order valence-electron chi connectivity index (χ4n) is 6.99. The minimum absolute atomic E-state index is 0.0806. The number of phosphoric ester groups is 1. The summed E-state index contributed by atoms with van der Waals surface area (Å²) in [6, 6.07) is -0.796. The van der Waals surface area contributed by atoms with Crippen LogP contribution in [0.25, 0.3) is 0 Å². The van der Waals surface area contributed by atoms with Gasteiger partial charge in [0.1, 0.15) is 0 Å². The number of nitrogens with two attached hydrogens (primary N) is 1. The smallest absolute Gasteiger partial charge is 0.391 e. The summed E-state index contributed by atoms with van der Waals surface area (Å²) in [5.74, 6) is -0.193. The molecule has 1 amide bonds. The van der Waals surface area contributed by atoms with Gasteiger partial charge in [0.25, 0.3) is 0 Å². The summed E-state index contributed by atoms with van der Waals surface area (Å²) in [4.78, 5) is 22.8. The van der Waals surface area contributed by atoms with E-state index in [0.717, 1.165) is 77.0 Å². The van der Waals surface area contributed by atoms with Crippen molar-refractivity contribution in [2.45, 2.75) is 231 Å². The number of nitrogens with one attached hydrogen (secondary N) is 1. The summed E-state index contributed by atoms with van der Waals surface area (Å²) < 4.78 is 22.2. The van der Waals surface area contributed by atoms with Gasteiger partial charge in [-0.3, -0.25) is 13.8 Å². The molecule has 3 unspecified atom stereocenters. The lowest BCUT2D eigenvalue weighted by Gasteiger charge is -2.25. The highest BCUT2D eigenvalue weighted by atomic mass is 31.2. The molecule has 0 aliphatic heterocycles. The molecule has 0 aromatic heterocycles. The van der Waals surface area contributed by atoms with Gasteiger partial charge in [-0.05, 0) is 57.8 Å². The average Bonchev–Trinajstić information content (AvgIpc) is 3.22. The molecule has 0 aromatic rings. The van der Waals surface area contributed by atoms with Crippen molar-refractivity contribution >= 4 is 13.7 Å². The molecule has 0 radical (unpaired) electrons. The summed E-state index contributed by atoms with van der Waals surface area (Å²) in [7, 11) is -4.33. The number of hydrogen-bond donors (Lipinski definition) is 4.